The van der Waals surface area contributed by atoms with Crippen molar-refractivity contribution in [1.82, 2.24) is 9.80 Å². The average molecular weight is 288 g/mol. The highest BCUT2D eigenvalue weighted by atomic mass is 16.4. The smallest absolute Gasteiger partial charge is 0.310 e. The Kier molecular flexibility index (Phi) is 4.00. The topological polar surface area (TPSA) is 43.8 Å². The Morgan fingerprint density at radius 1 is 1.33 bits per heavy atom. The van der Waals surface area contributed by atoms with E-state index >= 15 is 0 Å². The first-order valence-corrected chi connectivity index (χ1v) is 7.80. The molecule has 0 aromatic heterocycles. The largest absolute Gasteiger partial charge is 0.481 e. The van der Waals surface area contributed by atoms with Crippen molar-refractivity contribution in [2.75, 3.05) is 26.2 Å². The fourth-order valence-electron chi connectivity index (χ4n) is 3.58. The summed E-state index contributed by atoms with van der Waals surface area (Å²) in [5, 5.41) is 9.34. The Bertz CT molecular complexity index is 505. The van der Waals surface area contributed by atoms with Crippen LogP contribution < -0.4 is 0 Å². The molecule has 0 saturated carbocycles. The minimum atomic E-state index is -0.649. The van der Waals surface area contributed by atoms with E-state index in [1.807, 2.05) is 13.0 Å². The van der Waals surface area contributed by atoms with Gasteiger partial charge in [-0.3, -0.25) is 14.6 Å². The van der Waals surface area contributed by atoms with E-state index in [4.69, 9.17) is 0 Å². The number of carbonyl (C=O) groups is 1. The highest BCUT2D eigenvalue weighted by Crippen LogP contribution is 2.33. The van der Waals surface area contributed by atoms with Gasteiger partial charge in [-0.1, -0.05) is 30.3 Å². The van der Waals surface area contributed by atoms with E-state index < -0.39 is 11.4 Å². The molecule has 0 bridgehead atoms. The predicted octanol–water partition coefficient (Wildman–Crippen LogP) is 2.06. The van der Waals surface area contributed by atoms with E-state index in [2.05, 4.69) is 34.1 Å². The monoisotopic (exact) mass is 288 g/mol. The van der Waals surface area contributed by atoms with Gasteiger partial charge in [0.15, 0.2) is 0 Å². The molecule has 1 N–H and O–H groups in total. The second-order valence-corrected chi connectivity index (χ2v) is 6.75. The lowest BCUT2D eigenvalue weighted by Crippen LogP contribution is -2.39. The van der Waals surface area contributed by atoms with Gasteiger partial charge in [0.25, 0.3) is 0 Å². The van der Waals surface area contributed by atoms with E-state index in [1.54, 1.807) is 0 Å². The van der Waals surface area contributed by atoms with Crippen LogP contribution >= 0.6 is 0 Å². The Morgan fingerprint density at radius 2 is 2.10 bits per heavy atom. The Labute approximate surface area is 126 Å². The molecule has 0 radical (unpaired) electrons. The Hall–Kier alpha value is -1.39. The first-order valence-electron chi connectivity index (χ1n) is 7.80. The van der Waals surface area contributed by atoms with Gasteiger partial charge in [-0.25, -0.2) is 0 Å². The molecule has 1 aromatic rings. The Balaban J connectivity index is 1.55. The van der Waals surface area contributed by atoms with Gasteiger partial charge >= 0.3 is 5.97 Å². The summed E-state index contributed by atoms with van der Waals surface area (Å²) in [6, 6.07) is 11.1. The van der Waals surface area contributed by atoms with Gasteiger partial charge in [0.1, 0.15) is 0 Å². The molecule has 2 saturated heterocycles. The van der Waals surface area contributed by atoms with E-state index in [0.717, 1.165) is 39.0 Å². The highest BCUT2D eigenvalue weighted by molar-refractivity contribution is 5.74. The molecule has 2 atom stereocenters. The van der Waals surface area contributed by atoms with Crippen molar-refractivity contribution in [2.45, 2.75) is 32.4 Å². The van der Waals surface area contributed by atoms with Crippen LogP contribution in [-0.2, 0) is 11.3 Å². The van der Waals surface area contributed by atoms with E-state index in [9.17, 15) is 9.90 Å². The summed E-state index contributed by atoms with van der Waals surface area (Å²) in [6.07, 6.45) is 1.93. The number of hydrogen-bond donors (Lipinski definition) is 1. The van der Waals surface area contributed by atoms with Crippen LogP contribution in [0.3, 0.4) is 0 Å². The first-order chi connectivity index (χ1) is 10.1. The maximum atomic E-state index is 11.4. The van der Waals surface area contributed by atoms with Crippen LogP contribution in [-0.4, -0.2) is 53.1 Å². The molecule has 3 rings (SSSR count). The zero-order valence-electron chi connectivity index (χ0n) is 12.7. The molecular weight excluding hydrogens is 264 g/mol. The molecule has 2 heterocycles. The Morgan fingerprint density at radius 3 is 2.76 bits per heavy atom. The number of hydrogen-bond acceptors (Lipinski definition) is 3. The molecule has 2 aliphatic rings. The highest BCUT2D eigenvalue weighted by Gasteiger charge is 2.43. The zero-order chi connectivity index (χ0) is 14.9. The van der Waals surface area contributed by atoms with Crippen molar-refractivity contribution in [2.24, 2.45) is 5.41 Å². The van der Waals surface area contributed by atoms with E-state index in [1.165, 1.54) is 5.56 Å². The lowest BCUT2D eigenvalue weighted by molar-refractivity contribution is -0.147. The number of nitrogens with zero attached hydrogens (tertiary/aromatic N) is 2. The SMILES string of the molecule is CC1(C(=O)O)CCN(C2CCN(Cc3ccccc3)C2)C1. The molecule has 0 aliphatic carbocycles. The maximum Gasteiger partial charge on any atom is 0.310 e. The van der Waals surface area contributed by atoms with Crippen molar-refractivity contribution in [3.05, 3.63) is 35.9 Å². The summed E-state index contributed by atoms with van der Waals surface area (Å²) < 4.78 is 0. The maximum absolute atomic E-state index is 11.4. The second kappa shape index (κ2) is 5.78. The lowest BCUT2D eigenvalue weighted by Gasteiger charge is -2.26. The molecule has 0 amide bonds. The third-order valence-corrected chi connectivity index (χ3v) is 5.03. The molecule has 4 nitrogen and oxygen atoms in total. The normalized spacial score (nSPS) is 30.8. The fourth-order valence-corrected chi connectivity index (χ4v) is 3.58. The minimum Gasteiger partial charge on any atom is -0.481 e. The van der Waals surface area contributed by atoms with Crippen LogP contribution in [0.4, 0.5) is 0 Å². The van der Waals surface area contributed by atoms with Gasteiger partial charge in [-0.2, -0.15) is 0 Å². The van der Waals surface area contributed by atoms with Gasteiger partial charge in [0.05, 0.1) is 5.41 Å². The standard InChI is InChI=1S/C17H24N2O2/c1-17(16(20)21)8-10-19(13-17)15-7-9-18(12-15)11-14-5-3-2-4-6-14/h2-6,15H,7-13H2,1H3,(H,20,21). The van der Waals surface area contributed by atoms with Gasteiger partial charge in [-0.15, -0.1) is 0 Å². The number of likely N-dealkylation sites (tertiary alicyclic amines) is 2. The molecule has 2 unspecified atom stereocenters. The van der Waals surface area contributed by atoms with Crippen LogP contribution in [0.15, 0.2) is 30.3 Å². The number of rotatable bonds is 4. The molecule has 2 fully saturated rings. The number of carboxylic acids is 1. The molecule has 21 heavy (non-hydrogen) atoms. The van der Waals surface area contributed by atoms with Gasteiger partial charge in [0, 0.05) is 32.2 Å². The molecule has 114 valence electrons. The second-order valence-electron chi connectivity index (χ2n) is 6.75. The summed E-state index contributed by atoms with van der Waals surface area (Å²) in [5.74, 6) is -0.649. The molecule has 4 heteroatoms. The van der Waals surface area contributed by atoms with Crippen molar-refractivity contribution in [3.63, 3.8) is 0 Å². The van der Waals surface area contributed by atoms with Gasteiger partial charge < -0.3 is 5.11 Å². The lowest BCUT2D eigenvalue weighted by atomic mass is 9.90. The summed E-state index contributed by atoms with van der Waals surface area (Å²) >= 11 is 0. The zero-order valence-corrected chi connectivity index (χ0v) is 12.7. The molecular formula is C17H24N2O2. The van der Waals surface area contributed by atoms with Crippen molar-refractivity contribution in [1.29, 1.82) is 0 Å². The third kappa shape index (κ3) is 3.11. The van der Waals surface area contributed by atoms with Crippen LogP contribution in [0.1, 0.15) is 25.3 Å². The van der Waals surface area contributed by atoms with Crippen molar-refractivity contribution in [3.8, 4) is 0 Å². The number of carboxylic acid groups (broad SMARTS) is 1. The number of benzene rings is 1. The van der Waals surface area contributed by atoms with Crippen LogP contribution in [0, 0.1) is 5.41 Å². The molecule has 0 spiro atoms. The van der Waals surface area contributed by atoms with Crippen molar-refractivity contribution < 1.29 is 9.90 Å². The summed E-state index contributed by atoms with van der Waals surface area (Å²) in [5.41, 5.74) is 0.808. The van der Waals surface area contributed by atoms with Gasteiger partial charge in [0.2, 0.25) is 0 Å². The summed E-state index contributed by atoms with van der Waals surface area (Å²) in [6.45, 7) is 6.68. The third-order valence-electron chi connectivity index (χ3n) is 5.03. The first kappa shape index (κ1) is 14.5. The molecule has 2 aliphatic heterocycles. The average Bonchev–Trinajstić information content (AvgIpc) is 3.08. The van der Waals surface area contributed by atoms with Crippen LogP contribution in [0.2, 0.25) is 0 Å². The fraction of sp³-hybridized carbons (Fsp3) is 0.588. The molecule has 1 aromatic carbocycles. The van der Waals surface area contributed by atoms with E-state index in [0.29, 0.717) is 12.6 Å². The summed E-state index contributed by atoms with van der Waals surface area (Å²) in [4.78, 5) is 16.2. The van der Waals surface area contributed by atoms with Crippen molar-refractivity contribution >= 4 is 5.97 Å². The summed E-state index contributed by atoms with van der Waals surface area (Å²) in [7, 11) is 0. The van der Waals surface area contributed by atoms with Crippen LogP contribution in [0.5, 0.6) is 0 Å². The van der Waals surface area contributed by atoms with Gasteiger partial charge in [-0.05, 0) is 31.9 Å². The van der Waals surface area contributed by atoms with Crippen LogP contribution in [0.25, 0.3) is 0 Å². The number of aliphatic carboxylic acids is 1. The quantitative estimate of drug-likeness (QED) is 0.921. The minimum absolute atomic E-state index is 0.523. The predicted molar refractivity (Wildman–Crippen MR) is 82.1 cm³/mol. The van der Waals surface area contributed by atoms with E-state index in [-0.39, 0.29) is 0 Å².